The molecule has 3 aromatic heterocycles. The minimum Gasteiger partial charge on any atom is -0.369 e. The third-order valence-electron chi connectivity index (χ3n) is 5.28. The summed E-state index contributed by atoms with van der Waals surface area (Å²) in [6.07, 6.45) is 9.33. The molecule has 0 spiro atoms. The molecule has 0 saturated carbocycles. The van der Waals surface area contributed by atoms with Crippen LogP contribution in [0.1, 0.15) is 12.8 Å². The second-order valence-electron chi connectivity index (χ2n) is 7.24. The second-order valence-corrected chi connectivity index (χ2v) is 7.24. The predicted octanol–water partition coefficient (Wildman–Crippen LogP) is 2.93. The predicted molar refractivity (Wildman–Crippen MR) is 112 cm³/mol. The van der Waals surface area contributed by atoms with Gasteiger partial charge in [-0.15, -0.1) is 0 Å². The molecule has 4 aromatic rings. The highest BCUT2D eigenvalue weighted by atomic mass is 15.3. The van der Waals surface area contributed by atoms with Gasteiger partial charge >= 0.3 is 0 Å². The third kappa shape index (κ3) is 3.61. The first-order valence-corrected chi connectivity index (χ1v) is 9.88. The molecular weight excluding hydrogens is 364 g/mol. The summed E-state index contributed by atoms with van der Waals surface area (Å²) in [6.45, 7) is 2.78. The molecule has 8 nitrogen and oxygen atoms in total. The lowest BCUT2D eigenvalue weighted by Crippen LogP contribution is -2.39. The van der Waals surface area contributed by atoms with Crippen molar-refractivity contribution in [3.8, 4) is 5.69 Å². The fourth-order valence-corrected chi connectivity index (χ4v) is 3.85. The molecule has 8 heteroatoms. The molecule has 1 fully saturated rings. The van der Waals surface area contributed by atoms with Crippen LogP contribution in [0.5, 0.6) is 0 Å². The quantitative estimate of drug-likeness (QED) is 0.564. The van der Waals surface area contributed by atoms with Crippen molar-refractivity contribution in [2.75, 3.05) is 29.9 Å². The van der Waals surface area contributed by atoms with E-state index in [1.54, 1.807) is 18.7 Å². The Morgan fingerprint density at radius 2 is 1.86 bits per heavy atom. The van der Waals surface area contributed by atoms with E-state index in [-0.39, 0.29) is 0 Å². The van der Waals surface area contributed by atoms with Gasteiger partial charge in [-0.25, -0.2) is 24.6 Å². The lowest BCUT2D eigenvalue weighted by molar-refractivity contribution is 0.427. The molecule has 0 amide bonds. The van der Waals surface area contributed by atoms with Gasteiger partial charge in [-0.2, -0.15) is 5.10 Å². The molecule has 1 aliphatic rings. The first kappa shape index (κ1) is 17.5. The van der Waals surface area contributed by atoms with E-state index in [2.05, 4.69) is 35.3 Å². The summed E-state index contributed by atoms with van der Waals surface area (Å²) < 4.78 is 1.84. The van der Waals surface area contributed by atoms with Gasteiger partial charge in [0.05, 0.1) is 17.3 Å². The zero-order valence-electron chi connectivity index (χ0n) is 16.0. The monoisotopic (exact) mass is 386 g/mol. The fourth-order valence-electron chi connectivity index (χ4n) is 3.85. The molecule has 1 saturated heterocycles. The number of nitrogens with one attached hydrogen (secondary N) is 1. The van der Waals surface area contributed by atoms with Gasteiger partial charge < -0.3 is 10.2 Å². The van der Waals surface area contributed by atoms with Crippen molar-refractivity contribution in [2.45, 2.75) is 12.8 Å². The van der Waals surface area contributed by atoms with Crippen LogP contribution in [-0.4, -0.2) is 49.4 Å². The SMILES string of the molecule is c1ccc(-n2ncc3c(NCC4CCCN(c5ncccn5)C4)ncnc32)cc1. The van der Waals surface area contributed by atoms with E-state index in [0.29, 0.717) is 5.92 Å². The van der Waals surface area contributed by atoms with Crippen molar-refractivity contribution >= 4 is 22.8 Å². The van der Waals surface area contributed by atoms with E-state index in [1.807, 2.05) is 47.3 Å². The third-order valence-corrected chi connectivity index (χ3v) is 5.28. The molecule has 5 rings (SSSR count). The number of hydrogen-bond donors (Lipinski definition) is 1. The van der Waals surface area contributed by atoms with Gasteiger partial charge in [-0.1, -0.05) is 18.2 Å². The van der Waals surface area contributed by atoms with Crippen LogP contribution < -0.4 is 10.2 Å². The van der Waals surface area contributed by atoms with Gasteiger partial charge in [0.1, 0.15) is 12.1 Å². The number of aromatic nitrogens is 6. The Bertz CT molecular complexity index is 1080. The van der Waals surface area contributed by atoms with Gasteiger partial charge in [0.2, 0.25) is 5.95 Å². The summed E-state index contributed by atoms with van der Waals surface area (Å²) in [5.41, 5.74) is 1.79. The zero-order chi connectivity index (χ0) is 19.5. The summed E-state index contributed by atoms with van der Waals surface area (Å²) in [7, 11) is 0. The van der Waals surface area contributed by atoms with Crippen LogP contribution in [0.25, 0.3) is 16.7 Å². The number of anilines is 2. The average Bonchev–Trinajstić information content (AvgIpc) is 3.24. The molecule has 0 bridgehead atoms. The molecule has 29 heavy (non-hydrogen) atoms. The molecule has 1 N–H and O–H groups in total. The molecule has 1 aromatic carbocycles. The maximum atomic E-state index is 4.52. The minimum absolute atomic E-state index is 0.502. The lowest BCUT2D eigenvalue weighted by atomic mass is 9.98. The molecule has 1 unspecified atom stereocenters. The summed E-state index contributed by atoms with van der Waals surface area (Å²) in [4.78, 5) is 20.0. The smallest absolute Gasteiger partial charge is 0.225 e. The van der Waals surface area contributed by atoms with Gasteiger partial charge in [0.15, 0.2) is 5.65 Å². The van der Waals surface area contributed by atoms with Crippen LogP contribution in [0.2, 0.25) is 0 Å². The Hall–Kier alpha value is -3.55. The van der Waals surface area contributed by atoms with E-state index in [1.165, 1.54) is 6.42 Å². The summed E-state index contributed by atoms with van der Waals surface area (Å²) in [6, 6.07) is 11.9. The fraction of sp³-hybridized carbons (Fsp3) is 0.286. The Kier molecular flexibility index (Phi) is 4.73. The Labute approximate surface area is 168 Å². The van der Waals surface area contributed by atoms with E-state index < -0.39 is 0 Å². The zero-order valence-corrected chi connectivity index (χ0v) is 16.0. The average molecular weight is 386 g/mol. The molecule has 0 aliphatic carbocycles. The summed E-state index contributed by atoms with van der Waals surface area (Å²) in [5.74, 6) is 2.14. The first-order valence-electron chi connectivity index (χ1n) is 9.88. The maximum Gasteiger partial charge on any atom is 0.225 e. The molecular formula is C21H22N8. The first-order chi connectivity index (χ1) is 14.4. The largest absolute Gasteiger partial charge is 0.369 e. The molecule has 146 valence electrons. The van der Waals surface area contributed by atoms with E-state index >= 15 is 0 Å². The van der Waals surface area contributed by atoms with Crippen LogP contribution in [0.15, 0.2) is 61.3 Å². The standard InChI is InChI=1S/C21H22N8/c1-2-7-17(8-3-1)29-20-18(13-27-29)19(25-15-26-20)24-12-16-6-4-11-28(14-16)21-22-9-5-10-23-21/h1-3,5,7-10,13,15-16H,4,6,11-12,14H2,(H,24,25,26). The normalized spacial score (nSPS) is 16.8. The van der Waals surface area contributed by atoms with Crippen molar-refractivity contribution in [3.63, 3.8) is 0 Å². The minimum atomic E-state index is 0.502. The van der Waals surface area contributed by atoms with Crippen molar-refractivity contribution in [2.24, 2.45) is 5.92 Å². The van der Waals surface area contributed by atoms with Crippen LogP contribution in [0, 0.1) is 5.92 Å². The number of rotatable bonds is 5. The highest BCUT2D eigenvalue weighted by molar-refractivity contribution is 5.87. The topological polar surface area (TPSA) is 84.7 Å². The van der Waals surface area contributed by atoms with E-state index in [4.69, 9.17) is 0 Å². The Morgan fingerprint density at radius 3 is 2.72 bits per heavy atom. The van der Waals surface area contributed by atoms with E-state index in [9.17, 15) is 0 Å². The summed E-state index contributed by atoms with van der Waals surface area (Å²) in [5, 5.41) is 8.97. The number of hydrogen-bond acceptors (Lipinski definition) is 7. The van der Waals surface area contributed by atoms with Crippen molar-refractivity contribution in [1.29, 1.82) is 0 Å². The van der Waals surface area contributed by atoms with Crippen molar-refractivity contribution in [1.82, 2.24) is 29.7 Å². The molecule has 4 heterocycles. The van der Waals surface area contributed by atoms with Gasteiger partial charge in [0, 0.05) is 32.0 Å². The highest BCUT2D eigenvalue weighted by Crippen LogP contribution is 2.24. The molecule has 1 atom stereocenters. The molecule has 1 aliphatic heterocycles. The number of piperidine rings is 1. The lowest BCUT2D eigenvalue weighted by Gasteiger charge is -2.32. The maximum absolute atomic E-state index is 4.52. The number of benzene rings is 1. The number of nitrogens with zero attached hydrogens (tertiary/aromatic N) is 7. The van der Waals surface area contributed by atoms with Crippen molar-refractivity contribution in [3.05, 3.63) is 61.3 Å². The van der Waals surface area contributed by atoms with Gasteiger partial charge in [0.25, 0.3) is 0 Å². The van der Waals surface area contributed by atoms with Crippen LogP contribution in [0.4, 0.5) is 11.8 Å². The summed E-state index contributed by atoms with van der Waals surface area (Å²) >= 11 is 0. The van der Waals surface area contributed by atoms with Gasteiger partial charge in [-0.3, -0.25) is 0 Å². The van der Waals surface area contributed by atoms with Crippen LogP contribution in [-0.2, 0) is 0 Å². The van der Waals surface area contributed by atoms with Crippen LogP contribution in [0.3, 0.4) is 0 Å². The Morgan fingerprint density at radius 1 is 1.00 bits per heavy atom. The Balaban J connectivity index is 1.32. The van der Waals surface area contributed by atoms with E-state index in [0.717, 1.165) is 54.5 Å². The second kappa shape index (κ2) is 7.83. The highest BCUT2D eigenvalue weighted by Gasteiger charge is 2.22. The number of fused-ring (bicyclic) bond motifs is 1. The van der Waals surface area contributed by atoms with Gasteiger partial charge in [-0.05, 0) is 37.0 Å². The molecule has 0 radical (unpaired) electrons. The van der Waals surface area contributed by atoms with Crippen LogP contribution >= 0.6 is 0 Å². The number of para-hydroxylation sites is 1. The van der Waals surface area contributed by atoms with Crippen molar-refractivity contribution < 1.29 is 0 Å².